The van der Waals surface area contributed by atoms with E-state index < -0.39 is 0 Å². The molecule has 0 fully saturated rings. The quantitative estimate of drug-likeness (QED) is 0.794. The molecular formula is C12H20N4O. The average Bonchev–Trinajstić information content (AvgIpc) is 2.35. The topological polar surface area (TPSA) is 57.3 Å². The van der Waals surface area contributed by atoms with Crippen LogP contribution in [0.4, 0.5) is 5.82 Å². The first-order chi connectivity index (χ1) is 8.06. The van der Waals surface area contributed by atoms with E-state index in [4.69, 9.17) is 0 Å². The predicted octanol–water partition coefficient (Wildman–Crippen LogP) is 0.803. The number of nitrogens with one attached hydrogen (secondary N) is 2. The van der Waals surface area contributed by atoms with Crippen LogP contribution in [0.1, 0.15) is 17.3 Å². The number of carbonyl (C=O) groups is 1. The monoisotopic (exact) mass is 236 g/mol. The van der Waals surface area contributed by atoms with Crippen molar-refractivity contribution in [3.8, 4) is 0 Å². The van der Waals surface area contributed by atoms with Gasteiger partial charge in [0.2, 0.25) is 0 Å². The molecule has 0 aliphatic carbocycles. The minimum absolute atomic E-state index is 0.101. The lowest BCUT2D eigenvalue weighted by Crippen LogP contribution is -2.38. The van der Waals surface area contributed by atoms with Gasteiger partial charge in [-0.05, 0) is 33.2 Å². The van der Waals surface area contributed by atoms with Gasteiger partial charge in [0, 0.05) is 25.8 Å². The van der Waals surface area contributed by atoms with E-state index in [1.807, 2.05) is 14.1 Å². The second-order valence-corrected chi connectivity index (χ2v) is 4.17. The van der Waals surface area contributed by atoms with Gasteiger partial charge >= 0.3 is 0 Å². The molecule has 0 aromatic carbocycles. The number of likely N-dealkylation sites (N-methyl/N-ethyl adjacent to an activating group) is 1. The third-order valence-corrected chi connectivity index (χ3v) is 2.73. The fourth-order valence-electron chi connectivity index (χ4n) is 1.31. The molecule has 2 N–H and O–H groups in total. The van der Waals surface area contributed by atoms with Crippen LogP contribution in [0, 0.1) is 0 Å². The summed E-state index contributed by atoms with van der Waals surface area (Å²) in [7, 11) is 5.72. The van der Waals surface area contributed by atoms with Gasteiger partial charge in [0.1, 0.15) is 5.82 Å². The van der Waals surface area contributed by atoms with E-state index in [-0.39, 0.29) is 5.91 Å². The summed E-state index contributed by atoms with van der Waals surface area (Å²) in [4.78, 5) is 18.1. The third kappa shape index (κ3) is 3.71. The van der Waals surface area contributed by atoms with Gasteiger partial charge in [0.15, 0.2) is 0 Å². The molecule has 17 heavy (non-hydrogen) atoms. The Kier molecular flexibility index (Phi) is 4.90. The molecule has 0 spiro atoms. The summed E-state index contributed by atoms with van der Waals surface area (Å²) in [5, 5.41) is 5.80. The van der Waals surface area contributed by atoms with E-state index in [0.717, 1.165) is 0 Å². The Labute approximate surface area is 102 Å². The Morgan fingerprint density at radius 1 is 1.53 bits per heavy atom. The SMILES string of the molecule is CNc1ncccc1C(=O)NCC(C)N(C)C. The van der Waals surface area contributed by atoms with Crippen molar-refractivity contribution in [3.63, 3.8) is 0 Å². The first-order valence-electron chi connectivity index (χ1n) is 5.63. The fraction of sp³-hybridized carbons (Fsp3) is 0.500. The molecule has 5 nitrogen and oxygen atoms in total. The van der Waals surface area contributed by atoms with E-state index in [1.165, 1.54) is 0 Å². The van der Waals surface area contributed by atoms with Crippen LogP contribution in [-0.2, 0) is 0 Å². The maximum absolute atomic E-state index is 11.9. The lowest BCUT2D eigenvalue weighted by atomic mass is 10.2. The van der Waals surface area contributed by atoms with Crippen molar-refractivity contribution in [3.05, 3.63) is 23.9 Å². The second kappa shape index (κ2) is 6.20. The number of carbonyl (C=O) groups excluding carboxylic acids is 1. The van der Waals surface area contributed by atoms with Crippen LogP contribution in [0.25, 0.3) is 0 Å². The third-order valence-electron chi connectivity index (χ3n) is 2.73. The molecule has 0 aliphatic rings. The van der Waals surface area contributed by atoms with Crippen LogP contribution in [0.2, 0.25) is 0 Å². The molecule has 1 heterocycles. The molecule has 1 aromatic rings. The first-order valence-corrected chi connectivity index (χ1v) is 5.63. The number of anilines is 1. The highest BCUT2D eigenvalue weighted by Crippen LogP contribution is 2.09. The number of rotatable bonds is 5. The Bertz CT molecular complexity index is 379. The number of nitrogens with zero attached hydrogens (tertiary/aromatic N) is 2. The summed E-state index contributed by atoms with van der Waals surface area (Å²) < 4.78 is 0. The predicted molar refractivity (Wildman–Crippen MR) is 69.3 cm³/mol. The highest BCUT2D eigenvalue weighted by Gasteiger charge is 2.12. The zero-order chi connectivity index (χ0) is 12.8. The van der Waals surface area contributed by atoms with Gasteiger partial charge in [0.25, 0.3) is 5.91 Å². The molecule has 1 atom stereocenters. The maximum atomic E-state index is 11.9. The van der Waals surface area contributed by atoms with Gasteiger partial charge in [-0.1, -0.05) is 0 Å². The van der Waals surface area contributed by atoms with Crippen molar-refractivity contribution in [2.45, 2.75) is 13.0 Å². The molecule has 0 aliphatic heterocycles. The summed E-state index contributed by atoms with van der Waals surface area (Å²) in [6, 6.07) is 3.81. The number of hydrogen-bond acceptors (Lipinski definition) is 4. The number of pyridine rings is 1. The Morgan fingerprint density at radius 2 is 2.24 bits per heavy atom. The normalized spacial score (nSPS) is 12.3. The van der Waals surface area contributed by atoms with E-state index in [0.29, 0.717) is 24.0 Å². The van der Waals surface area contributed by atoms with Crippen molar-refractivity contribution < 1.29 is 4.79 Å². The Balaban J connectivity index is 2.64. The summed E-state index contributed by atoms with van der Waals surface area (Å²) in [6.45, 7) is 2.67. The number of amides is 1. The molecule has 1 amide bonds. The largest absolute Gasteiger partial charge is 0.372 e. The molecule has 5 heteroatoms. The van der Waals surface area contributed by atoms with Gasteiger partial charge < -0.3 is 15.5 Å². The molecule has 0 saturated heterocycles. The molecule has 1 aromatic heterocycles. The highest BCUT2D eigenvalue weighted by molar-refractivity contribution is 5.98. The van der Waals surface area contributed by atoms with Crippen LogP contribution in [0.5, 0.6) is 0 Å². The van der Waals surface area contributed by atoms with Crippen LogP contribution >= 0.6 is 0 Å². The van der Waals surface area contributed by atoms with Gasteiger partial charge in [0.05, 0.1) is 5.56 Å². The van der Waals surface area contributed by atoms with Gasteiger partial charge in [-0.3, -0.25) is 4.79 Å². The summed E-state index contributed by atoms with van der Waals surface area (Å²) in [6.07, 6.45) is 1.66. The van der Waals surface area contributed by atoms with E-state index in [2.05, 4.69) is 27.4 Å². The maximum Gasteiger partial charge on any atom is 0.255 e. The van der Waals surface area contributed by atoms with E-state index in [9.17, 15) is 4.79 Å². The Hall–Kier alpha value is -1.62. The van der Waals surface area contributed by atoms with Crippen LogP contribution in [0.3, 0.4) is 0 Å². The van der Waals surface area contributed by atoms with Crippen molar-refractivity contribution in [1.29, 1.82) is 0 Å². The summed E-state index contributed by atoms with van der Waals surface area (Å²) in [5.74, 6) is 0.499. The van der Waals surface area contributed by atoms with E-state index >= 15 is 0 Å². The molecule has 94 valence electrons. The molecule has 0 bridgehead atoms. The molecule has 1 rings (SSSR count). The smallest absolute Gasteiger partial charge is 0.255 e. The Morgan fingerprint density at radius 3 is 2.82 bits per heavy atom. The highest BCUT2D eigenvalue weighted by atomic mass is 16.1. The van der Waals surface area contributed by atoms with Gasteiger partial charge in [-0.2, -0.15) is 0 Å². The number of hydrogen-bond donors (Lipinski definition) is 2. The van der Waals surface area contributed by atoms with E-state index in [1.54, 1.807) is 25.4 Å². The van der Waals surface area contributed by atoms with Crippen molar-refractivity contribution >= 4 is 11.7 Å². The van der Waals surface area contributed by atoms with Gasteiger partial charge in [-0.25, -0.2) is 4.98 Å². The number of aromatic nitrogens is 1. The van der Waals surface area contributed by atoms with Crippen LogP contribution < -0.4 is 10.6 Å². The molecule has 1 unspecified atom stereocenters. The molecule has 0 radical (unpaired) electrons. The van der Waals surface area contributed by atoms with Crippen LogP contribution in [0.15, 0.2) is 18.3 Å². The molecule has 0 saturated carbocycles. The minimum atomic E-state index is -0.101. The summed E-state index contributed by atoms with van der Waals surface area (Å²) >= 11 is 0. The average molecular weight is 236 g/mol. The van der Waals surface area contributed by atoms with Crippen molar-refractivity contribution in [2.75, 3.05) is 33.0 Å². The lowest BCUT2D eigenvalue weighted by molar-refractivity contribution is 0.0944. The molecular weight excluding hydrogens is 216 g/mol. The zero-order valence-corrected chi connectivity index (χ0v) is 10.8. The second-order valence-electron chi connectivity index (χ2n) is 4.17. The summed E-state index contributed by atoms with van der Waals surface area (Å²) in [5.41, 5.74) is 0.570. The lowest BCUT2D eigenvalue weighted by Gasteiger charge is -2.20. The standard InChI is InChI=1S/C12H20N4O/c1-9(16(3)4)8-15-12(17)10-6-5-7-14-11(10)13-2/h5-7,9H,8H2,1-4H3,(H,13,14)(H,15,17). The van der Waals surface area contributed by atoms with Gasteiger partial charge in [-0.15, -0.1) is 0 Å². The minimum Gasteiger partial charge on any atom is -0.372 e. The van der Waals surface area contributed by atoms with Crippen molar-refractivity contribution in [1.82, 2.24) is 15.2 Å². The van der Waals surface area contributed by atoms with Crippen molar-refractivity contribution in [2.24, 2.45) is 0 Å². The van der Waals surface area contributed by atoms with Crippen LogP contribution in [-0.4, -0.2) is 49.5 Å². The zero-order valence-electron chi connectivity index (χ0n) is 10.8. The first kappa shape index (κ1) is 13.4. The fourth-order valence-corrected chi connectivity index (χ4v) is 1.31.